The van der Waals surface area contributed by atoms with Crippen molar-refractivity contribution >= 4 is 28.8 Å². The number of carbonyl (C=O) groups is 1. The van der Waals surface area contributed by atoms with Gasteiger partial charge in [0.15, 0.2) is 0 Å². The van der Waals surface area contributed by atoms with E-state index >= 15 is 0 Å². The molecule has 0 fully saturated rings. The van der Waals surface area contributed by atoms with Gasteiger partial charge in [0.2, 0.25) is 0 Å². The molecule has 0 spiro atoms. The molecule has 0 saturated carbocycles. The van der Waals surface area contributed by atoms with Crippen LogP contribution in [-0.4, -0.2) is 15.5 Å². The summed E-state index contributed by atoms with van der Waals surface area (Å²) in [6.45, 7) is 0.436. The Morgan fingerprint density at radius 3 is 2.59 bits per heavy atom. The van der Waals surface area contributed by atoms with E-state index < -0.39 is 0 Å². The summed E-state index contributed by atoms with van der Waals surface area (Å²) in [7, 11) is 0. The lowest BCUT2D eigenvalue weighted by atomic mass is 10.1. The van der Waals surface area contributed by atoms with Gasteiger partial charge in [0.25, 0.3) is 5.91 Å². The fourth-order valence-electron chi connectivity index (χ4n) is 2.85. The van der Waals surface area contributed by atoms with Crippen molar-refractivity contribution in [2.24, 2.45) is 0 Å². The number of hydrogen-bond acceptors (Lipinski definition) is 3. The summed E-state index contributed by atoms with van der Waals surface area (Å²) < 4.78 is 1.97. The molecule has 0 unspecified atom stereocenters. The van der Waals surface area contributed by atoms with Crippen molar-refractivity contribution in [3.05, 3.63) is 94.2 Å². The van der Waals surface area contributed by atoms with Gasteiger partial charge >= 0.3 is 0 Å². The molecule has 3 heterocycles. The molecule has 6 heteroatoms. The third kappa shape index (κ3) is 3.79. The number of pyridine rings is 1. The maximum absolute atomic E-state index is 12.9. The van der Waals surface area contributed by atoms with Crippen LogP contribution in [0.5, 0.6) is 0 Å². The molecule has 27 heavy (non-hydrogen) atoms. The Balaban J connectivity index is 1.68. The van der Waals surface area contributed by atoms with E-state index in [1.54, 1.807) is 12.4 Å². The van der Waals surface area contributed by atoms with Gasteiger partial charge in [-0.05, 0) is 41.5 Å². The molecule has 0 aliphatic carbocycles. The average Bonchev–Trinajstić information content (AvgIpc) is 3.37. The summed E-state index contributed by atoms with van der Waals surface area (Å²) in [5.74, 6) is -0.104. The second-order valence-electron chi connectivity index (χ2n) is 5.97. The number of aromatic nitrogens is 2. The van der Waals surface area contributed by atoms with E-state index in [4.69, 9.17) is 11.6 Å². The van der Waals surface area contributed by atoms with Gasteiger partial charge in [0.05, 0.1) is 5.69 Å². The molecular weight excluding hydrogens is 378 g/mol. The zero-order chi connectivity index (χ0) is 18.6. The highest BCUT2D eigenvalue weighted by Gasteiger charge is 2.20. The van der Waals surface area contributed by atoms with Crippen LogP contribution in [0.3, 0.4) is 0 Å². The molecule has 4 rings (SSSR count). The highest BCUT2D eigenvalue weighted by Crippen LogP contribution is 2.35. The van der Waals surface area contributed by atoms with Crippen molar-refractivity contribution in [2.75, 3.05) is 0 Å². The van der Waals surface area contributed by atoms with E-state index in [0.717, 1.165) is 22.4 Å². The van der Waals surface area contributed by atoms with E-state index in [2.05, 4.69) is 10.3 Å². The van der Waals surface area contributed by atoms with Gasteiger partial charge in [-0.25, -0.2) is 0 Å². The van der Waals surface area contributed by atoms with Gasteiger partial charge in [-0.3, -0.25) is 9.78 Å². The number of amides is 1. The largest absolute Gasteiger partial charge is 0.347 e. The number of carbonyl (C=O) groups excluding carboxylic acids is 1. The van der Waals surface area contributed by atoms with Crippen LogP contribution in [-0.2, 0) is 6.54 Å². The van der Waals surface area contributed by atoms with E-state index in [1.807, 2.05) is 70.9 Å². The average molecular weight is 394 g/mol. The Kier molecular flexibility index (Phi) is 5.05. The van der Waals surface area contributed by atoms with Crippen LogP contribution in [0.1, 0.15) is 15.2 Å². The summed E-state index contributed by atoms with van der Waals surface area (Å²) in [4.78, 5) is 17.6. The number of thiophene rings is 1. The molecule has 4 nitrogen and oxygen atoms in total. The maximum Gasteiger partial charge on any atom is 0.263 e. The van der Waals surface area contributed by atoms with Crippen molar-refractivity contribution in [3.8, 4) is 16.8 Å². The smallest absolute Gasteiger partial charge is 0.263 e. The highest BCUT2D eigenvalue weighted by atomic mass is 35.5. The molecule has 1 aromatic carbocycles. The second-order valence-corrected chi connectivity index (χ2v) is 7.28. The molecule has 0 saturated heterocycles. The van der Waals surface area contributed by atoms with E-state index in [0.29, 0.717) is 16.4 Å². The van der Waals surface area contributed by atoms with Crippen LogP contribution in [0.2, 0.25) is 5.02 Å². The number of rotatable bonds is 5. The van der Waals surface area contributed by atoms with E-state index in [9.17, 15) is 4.79 Å². The molecule has 0 aliphatic rings. The Morgan fingerprint density at radius 1 is 1.11 bits per heavy atom. The molecule has 0 aliphatic heterocycles. The van der Waals surface area contributed by atoms with Crippen molar-refractivity contribution in [3.63, 3.8) is 0 Å². The summed E-state index contributed by atoms with van der Waals surface area (Å²) in [6.07, 6.45) is 7.35. The van der Waals surface area contributed by atoms with Crippen LogP contribution in [0.15, 0.2) is 78.7 Å². The molecule has 0 bridgehead atoms. The predicted molar refractivity (Wildman–Crippen MR) is 109 cm³/mol. The van der Waals surface area contributed by atoms with Crippen molar-refractivity contribution in [1.82, 2.24) is 14.9 Å². The predicted octanol–water partition coefficient (Wildman–Crippen LogP) is 5.18. The first-order chi connectivity index (χ1) is 13.2. The van der Waals surface area contributed by atoms with Gasteiger partial charge < -0.3 is 9.88 Å². The minimum Gasteiger partial charge on any atom is -0.347 e. The van der Waals surface area contributed by atoms with Crippen LogP contribution < -0.4 is 5.32 Å². The summed E-state index contributed by atoms with van der Waals surface area (Å²) in [5.41, 5.74) is 3.85. The Bertz CT molecular complexity index is 1040. The number of halogens is 1. The lowest BCUT2D eigenvalue weighted by Crippen LogP contribution is -2.23. The van der Waals surface area contributed by atoms with Crippen molar-refractivity contribution in [2.45, 2.75) is 6.54 Å². The fraction of sp³-hybridized carbons (Fsp3) is 0.0476. The third-order valence-corrected chi connectivity index (χ3v) is 5.38. The first-order valence-corrected chi connectivity index (χ1v) is 9.66. The summed E-state index contributed by atoms with van der Waals surface area (Å²) in [5, 5.41) is 5.69. The zero-order valence-electron chi connectivity index (χ0n) is 14.3. The maximum atomic E-state index is 12.9. The first kappa shape index (κ1) is 17.5. The van der Waals surface area contributed by atoms with Crippen molar-refractivity contribution < 1.29 is 4.79 Å². The van der Waals surface area contributed by atoms with Gasteiger partial charge in [-0.2, -0.15) is 0 Å². The van der Waals surface area contributed by atoms with Crippen molar-refractivity contribution in [1.29, 1.82) is 0 Å². The van der Waals surface area contributed by atoms with E-state index in [1.165, 1.54) is 11.3 Å². The lowest BCUT2D eigenvalue weighted by Gasteiger charge is -2.10. The molecule has 134 valence electrons. The third-order valence-electron chi connectivity index (χ3n) is 4.16. The molecule has 1 amide bonds. The minimum absolute atomic E-state index is 0.104. The van der Waals surface area contributed by atoms with Crippen LogP contribution in [0.4, 0.5) is 0 Å². The summed E-state index contributed by atoms with van der Waals surface area (Å²) in [6, 6.07) is 15.3. The topological polar surface area (TPSA) is 46.9 Å². The quantitative estimate of drug-likeness (QED) is 0.507. The minimum atomic E-state index is -0.104. The lowest BCUT2D eigenvalue weighted by molar-refractivity contribution is 0.0955. The number of hydrogen-bond donors (Lipinski definition) is 1. The standard InChI is InChI=1S/C21H16ClN3OS/c22-17-7-5-16(6-8-17)18-14-27-20(19(18)25-10-1-2-11-25)21(26)24-13-15-4-3-9-23-12-15/h1-12,14H,13H2,(H,24,26). The molecule has 1 N–H and O–H groups in total. The van der Waals surface area contributed by atoms with Gasteiger partial charge in [0.1, 0.15) is 4.88 Å². The Hall–Kier alpha value is -2.89. The van der Waals surface area contributed by atoms with Crippen LogP contribution in [0, 0.1) is 0 Å². The first-order valence-electron chi connectivity index (χ1n) is 8.40. The molecule has 3 aromatic heterocycles. The molecular formula is C21H16ClN3OS. The fourth-order valence-corrected chi connectivity index (χ4v) is 3.97. The SMILES string of the molecule is O=C(NCc1cccnc1)c1scc(-c2ccc(Cl)cc2)c1-n1cccc1. The normalized spacial score (nSPS) is 10.7. The van der Waals surface area contributed by atoms with E-state index in [-0.39, 0.29) is 5.91 Å². The van der Waals surface area contributed by atoms with Crippen LogP contribution in [0.25, 0.3) is 16.8 Å². The van der Waals surface area contributed by atoms with Gasteiger partial charge in [-0.15, -0.1) is 11.3 Å². The summed E-state index contributed by atoms with van der Waals surface area (Å²) >= 11 is 7.46. The Labute approximate surface area is 166 Å². The number of nitrogens with one attached hydrogen (secondary N) is 1. The zero-order valence-corrected chi connectivity index (χ0v) is 15.9. The highest BCUT2D eigenvalue weighted by molar-refractivity contribution is 7.13. The van der Waals surface area contributed by atoms with Gasteiger partial charge in [-0.1, -0.05) is 29.8 Å². The molecule has 4 aromatic rings. The Morgan fingerprint density at radius 2 is 1.89 bits per heavy atom. The van der Waals surface area contributed by atoms with Gasteiger partial charge in [0, 0.05) is 47.3 Å². The molecule has 0 atom stereocenters. The number of nitrogens with zero attached hydrogens (tertiary/aromatic N) is 2. The molecule has 0 radical (unpaired) electrons. The number of benzene rings is 1. The monoisotopic (exact) mass is 393 g/mol. The second kappa shape index (κ2) is 7.78. The van der Waals surface area contributed by atoms with Crippen LogP contribution >= 0.6 is 22.9 Å².